The third-order valence-corrected chi connectivity index (χ3v) is 5.99. The minimum atomic E-state index is -0.647. The van der Waals surface area contributed by atoms with Gasteiger partial charge in [0.25, 0.3) is 0 Å². The van der Waals surface area contributed by atoms with Gasteiger partial charge in [-0.1, -0.05) is 77.8 Å². The number of unbranched alkanes of at least 4 members (excludes halogenated alkanes) is 6. The fraction of sp³-hybridized carbons (Fsp3) is 0.560. The second-order valence-electron chi connectivity index (χ2n) is 7.96. The molecular weight excluding hydrogens is 412 g/mol. The summed E-state index contributed by atoms with van der Waals surface area (Å²) >= 11 is 6.15. The molecule has 6 heteroatoms. The lowest BCUT2D eigenvalue weighted by atomic mass is 10.1. The first-order valence-corrected chi connectivity index (χ1v) is 11.9. The molecule has 1 unspecified atom stereocenters. The zero-order valence-corrected chi connectivity index (χ0v) is 19.7. The molecule has 0 N–H and O–H groups in total. The Kier molecular flexibility index (Phi) is 11.4. The van der Waals surface area contributed by atoms with E-state index in [4.69, 9.17) is 21.1 Å². The molecule has 0 radical (unpaired) electrons. The highest BCUT2D eigenvalue weighted by Crippen LogP contribution is 2.23. The van der Waals surface area contributed by atoms with Gasteiger partial charge < -0.3 is 9.47 Å². The van der Waals surface area contributed by atoms with Gasteiger partial charge in [-0.15, -0.1) is 11.6 Å². The number of hydrogen-bond acceptors (Lipinski definition) is 5. The van der Waals surface area contributed by atoms with E-state index >= 15 is 0 Å². The molecular formula is C25H35ClN2O3. The van der Waals surface area contributed by atoms with Crippen LogP contribution in [0.5, 0.6) is 11.8 Å². The monoisotopic (exact) mass is 446 g/mol. The fourth-order valence-corrected chi connectivity index (χ4v) is 3.31. The van der Waals surface area contributed by atoms with Gasteiger partial charge in [0.1, 0.15) is 11.1 Å². The Hall–Kier alpha value is -2.14. The summed E-state index contributed by atoms with van der Waals surface area (Å²) in [6, 6.07) is 7.63. The van der Waals surface area contributed by atoms with Crippen molar-refractivity contribution >= 4 is 17.6 Å². The van der Waals surface area contributed by atoms with Gasteiger partial charge in [-0.25, -0.2) is 9.97 Å². The normalized spacial score (nSPS) is 12.9. The molecule has 0 saturated carbocycles. The first-order valence-electron chi connectivity index (χ1n) is 11.5. The molecule has 2 rings (SSSR count). The number of benzene rings is 1. The molecule has 0 bridgehead atoms. The summed E-state index contributed by atoms with van der Waals surface area (Å²) in [6.07, 6.45) is 13.0. The molecule has 2 aromatic rings. The zero-order valence-electron chi connectivity index (χ0n) is 19.0. The van der Waals surface area contributed by atoms with Gasteiger partial charge in [-0.3, -0.25) is 4.79 Å². The third kappa shape index (κ3) is 8.86. The molecule has 31 heavy (non-hydrogen) atoms. The Morgan fingerprint density at radius 3 is 2.16 bits per heavy atom. The molecule has 0 aliphatic carbocycles. The highest BCUT2D eigenvalue weighted by molar-refractivity contribution is 6.30. The third-order valence-electron chi connectivity index (χ3n) is 5.38. The van der Waals surface area contributed by atoms with E-state index in [1.54, 1.807) is 24.5 Å². The largest absolute Gasteiger partial charge is 0.463 e. The smallest absolute Gasteiger partial charge is 0.329 e. The maximum absolute atomic E-state index is 12.1. The number of rotatable bonds is 14. The molecule has 1 heterocycles. The summed E-state index contributed by atoms with van der Waals surface area (Å²) in [6.45, 7) is 6.81. The van der Waals surface area contributed by atoms with E-state index in [-0.39, 0.29) is 5.92 Å². The number of carbonyl (C=O) groups excluding carboxylic acids is 1. The van der Waals surface area contributed by atoms with Crippen molar-refractivity contribution in [3.05, 3.63) is 36.7 Å². The molecule has 1 aromatic carbocycles. The number of ether oxygens (including phenoxy) is 2. The number of carbonyl (C=O) groups is 1. The molecule has 0 saturated heterocycles. The van der Waals surface area contributed by atoms with Crippen molar-refractivity contribution in [1.29, 1.82) is 0 Å². The number of alkyl halides is 1. The van der Waals surface area contributed by atoms with Crippen LogP contribution in [0.1, 0.15) is 72.1 Å². The Balaban J connectivity index is 1.77. The van der Waals surface area contributed by atoms with Gasteiger partial charge in [0.05, 0.1) is 6.61 Å². The summed E-state index contributed by atoms with van der Waals surface area (Å²) in [5.41, 5.74) is 1.80. The summed E-state index contributed by atoms with van der Waals surface area (Å²) in [5.74, 6) is 0.116. The molecule has 0 aliphatic heterocycles. The fourth-order valence-electron chi connectivity index (χ4n) is 3.09. The molecule has 0 fully saturated rings. The van der Waals surface area contributed by atoms with Crippen LogP contribution in [0.4, 0.5) is 0 Å². The van der Waals surface area contributed by atoms with Gasteiger partial charge in [-0.2, -0.15) is 0 Å². The van der Waals surface area contributed by atoms with Crippen molar-refractivity contribution in [1.82, 2.24) is 9.97 Å². The lowest BCUT2D eigenvalue weighted by Crippen LogP contribution is -2.26. The Bertz CT molecular complexity index is 765. The molecule has 2 atom stereocenters. The highest BCUT2D eigenvalue weighted by Gasteiger charge is 2.23. The number of esters is 1. The highest BCUT2D eigenvalue weighted by atomic mass is 35.5. The predicted molar refractivity (Wildman–Crippen MR) is 126 cm³/mol. The molecule has 170 valence electrons. The number of aromatic nitrogens is 2. The molecule has 5 nitrogen and oxygen atoms in total. The van der Waals surface area contributed by atoms with Crippen LogP contribution >= 0.6 is 11.6 Å². The van der Waals surface area contributed by atoms with Crippen LogP contribution in [0, 0.1) is 5.92 Å². The van der Waals surface area contributed by atoms with E-state index < -0.39 is 11.3 Å². The number of halogens is 1. The zero-order chi connectivity index (χ0) is 22.5. The summed E-state index contributed by atoms with van der Waals surface area (Å²) in [7, 11) is 0. The van der Waals surface area contributed by atoms with Crippen LogP contribution in [0.25, 0.3) is 11.1 Å². The van der Waals surface area contributed by atoms with Gasteiger partial charge in [0, 0.05) is 18.0 Å². The number of hydrogen-bond donors (Lipinski definition) is 0. The lowest BCUT2D eigenvalue weighted by Gasteiger charge is -2.15. The Morgan fingerprint density at radius 2 is 1.55 bits per heavy atom. The topological polar surface area (TPSA) is 61.3 Å². The minimum Gasteiger partial charge on any atom is -0.463 e. The minimum absolute atomic E-state index is 0.0668. The van der Waals surface area contributed by atoms with E-state index in [0.29, 0.717) is 18.4 Å². The van der Waals surface area contributed by atoms with Crippen LogP contribution in [0.3, 0.4) is 0 Å². The summed E-state index contributed by atoms with van der Waals surface area (Å²) in [5, 5.41) is -0.647. The standard InChI is InChI=1S/C25H35ClN2O3/c1-4-6-7-8-9-10-11-16-30-25-27-17-21(18-28-25)20-12-14-22(15-13-20)31-24(29)23(26)19(3)5-2/h12-15,17-19,23H,4-11,16H2,1-3H3/t19?,23-/m0/s1. The van der Waals surface area contributed by atoms with Crippen molar-refractivity contribution in [2.75, 3.05) is 6.61 Å². The Labute approximate surface area is 191 Å². The molecule has 0 amide bonds. The summed E-state index contributed by atoms with van der Waals surface area (Å²) < 4.78 is 11.0. The first kappa shape index (κ1) is 25.1. The van der Waals surface area contributed by atoms with Crippen LogP contribution in [-0.2, 0) is 4.79 Å². The van der Waals surface area contributed by atoms with Crippen molar-refractivity contribution < 1.29 is 14.3 Å². The van der Waals surface area contributed by atoms with Crippen molar-refractivity contribution in [2.45, 2.75) is 77.5 Å². The maximum atomic E-state index is 12.1. The van der Waals surface area contributed by atoms with Crippen LogP contribution in [-0.4, -0.2) is 27.9 Å². The summed E-state index contributed by atoms with van der Waals surface area (Å²) in [4.78, 5) is 20.7. The van der Waals surface area contributed by atoms with Crippen LogP contribution in [0.15, 0.2) is 36.7 Å². The van der Waals surface area contributed by atoms with Gasteiger partial charge >= 0.3 is 12.0 Å². The lowest BCUT2D eigenvalue weighted by molar-refractivity contribution is -0.134. The first-order chi connectivity index (χ1) is 15.0. The maximum Gasteiger partial charge on any atom is 0.329 e. The van der Waals surface area contributed by atoms with Crippen molar-refractivity contribution in [3.63, 3.8) is 0 Å². The second kappa shape index (κ2) is 14.0. The van der Waals surface area contributed by atoms with Gasteiger partial charge in [0.2, 0.25) is 0 Å². The average molecular weight is 447 g/mol. The van der Waals surface area contributed by atoms with E-state index in [0.717, 1.165) is 24.0 Å². The van der Waals surface area contributed by atoms with Gasteiger partial charge in [0.15, 0.2) is 0 Å². The van der Waals surface area contributed by atoms with Crippen molar-refractivity contribution in [2.24, 2.45) is 5.92 Å². The van der Waals surface area contributed by atoms with Crippen LogP contribution in [0.2, 0.25) is 0 Å². The SMILES string of the molecule is CCCCCCCCCOc1ncc(-c2ccc(OC(=O)[C@@H](Cl)C(C)CC)cc2)cn1. The van der Waals surface area contributed by atoms with E-state index in [1.807, 2.05) is 26.0 Å². The van der Waals surface area contributed by atoms with Gasteiger partial charge in [-0.05, 0) is 30.0 Å². The number of nitrogens with zero attached hydrogens (tertiary/aromatic N) is 2. The predicted octanol–water partition coefficient (Wildman–Crippen LogP) is 6.83. The molecule has 0 spiro atoms. The van der Waals surface area contributed by atoms with E-state index in [1.165, 1.54) is 38.5 Å². The molecule has 0 aliphatic rings. The average Bonchev–Trinajstić information content (AvgIpc) is 2.80. The quantitative estimate of drug-likeness (QED) is 0.138. The molecule has 1 aromatic heterocycles. The van der Waals surface area contributed by atoms with E-state index in [2.05, 4.69) is 16.9 Å². The van der Waals surface area contributed by atoms with Crippen molar-refractivity contribution in [3.8, 4) is 22.9 Å². The van der Waals surface area contributed by atoms with E-state index in [9.17, 15) is 4.79 Å². The second-order valence-corrected chi connectivity index (χ2v) is 8.43. The van der Waals surface area contributed by atoms with Crippen LogP contribution < -0.4 is 9.47 Å². The Morgan fingerprint density at radius 1 is 0.935 bits per heavy atom.